The van der Waals surface area contributed by atoms with Gasteiger partial charge >= 0.3 is 0 Å². The first-order chi connectivity index (χ1) is 7.72. The normalized spacial score (nSPS) is 22.3. The minimum atomic E-state index is -0.119. The predicted octanol–water partition coefficient (Wildman–Crippen LogP) is 2.43. The van der Waals surface area contributed by atoms with Crippen LogP contribution >= 0.6 is 0 Å². The maximum absolute atomic E-state index is 13.9. The summed E-state index contributed by atoms with van der Waals surface area (Å²) < 4.78 is 19.2. The molecule has 1 fully saturated rings. The molecule has 16 heavy (non-hydrogen) atoms. The minimum absolute atomic E-state index is 0.0584. The molecule has 0 radical (unpaired) electrons. The van der Waals surface area contributed by atoms with E-state index in [4.69, 9.17) is 4.74 Å². The van der Waals surface area contributed by atoms with Crippen molar-refractivity contribution in [1.29, 1.82) is 0 Å². The molecule has 1 aromatic carbocycles. The SMILES string of the molecule is CNC(c1ccc(C)cc1F)C1CCOC1. The quantitative estimate of drug-likeness (QED) is 0.849. The summed E-state index contributed by atoms with van der Waals surface area (Å²) in [5, 5.41) is 3.20. The predicted molar refractivity (Wildman–Crippen MR) is 61.9 cm³/mol. The van der Waals surface area contributed by atoms with Crippen molar-refractivity contribution >= 4 is 0 Å². The molecule has 0 amide bonds. The third-order valence-corrected chi connectivity index (χ3v) is 3.24. The van der Waals surface area contributed by atoms with Crippen LogP contribution in [0.2, 0.25) is 0 Å². The molecule has 2 nitrogen and oxygen atoms in total. The van der Waals surface area contributed by atoms with Gasteiger partial charge in [-0.3, -0.25) is 0 Å². The van der Waals surface area contributed by atoms with Crippen molar-refractivity contribution < 1.29 is 9.13 Å². The summed E-state index contributed by atoms with van der Waals surface area (Å²) in [7, 11) is 1.88. The zero-order chi connectivity index (χ0) is 11.5. The lowest BCUT2D eigenvalue weighted by atomic mass is 9.91. The molecule has 3 heteroatoms. The summed E-state index contributed by atoms with van der Waals surface area (Å²) in [5.74, 6) is 0.258. The van der Waals surface area contributed by atoms with E-state index in [-0.39, 0.29) is 11.9 Å². The monoisotopic (exact) mass is 223 g/mol. The van der Waals surface area contributed by atoms with Crippen LogP contribution in [0.1, 0.15) is 23.6 Å². The van der Waals surface area contributed by atoms with Gasteiger partial charge in [-0.2, -0.15) is 0 Å². The molecule has 0 spiro atoms. The van der Waals surface area contributed by atoms with Gasteiger partial charge in [-0.15, -0.1) is 0 Å². The molecule has 1 heterocycles. The molecule has 1 aromatic rings. The standard InChI is InChI=1S/C13H18FNO/c1-9-3-4-11(12(14)7-9)13(15-2)10-5-6-16-8-10/h3-4,7,10,13,15H,5-6,8H2,1-2H3. The van der Waals surface area contributed by atoms with E-state index >= 15 is 0 Å². The molecule has 0 saturated carbocycles. The Hall–Kier alpha value is -0.930. The summed E-state index contributed by atoms with van der Waals surface area (Å²) in [5.41, 5.74) is 1.71. The summed E-state index contributed by atoms with van der Waals surface area (Å²) in [6.45, 7) is 3.41. The van der Waals surface area contributed by atoms with Crippen LogP contribution in [-0.4, -0.2) is 20.3 Å². The number of hydrogen-bond acceptors (Lipinski definition) is 2. The van der Waals surface area contributed by atoms with E-state index in [1.54, 1.807) is 6.07 Å². The average Bonchev–Trinajstić information content (AvgIpc) is 2.75. The maximum atomic E-state index is 13.9. The Morgan fingerprint density at radius 1 is 1.50 bits per heavy atom. The minimum Gasteiger partial charge on any atom is -0.381 e. The molecule has 0 bridgehead atoms. The van der Waals surface area contributed by atoms with E-state index in [1.807, 2.05) is 26.1 Å². The molecule has 88 valence electrons. The fourth-order valence-electron chi connectivity index (χ4n) is 2.35. The van der Waals surface area contributed by atoms with Crippen molar-refractivity contribution in [3.63, 3.8) is 0 Å². The summed E-state index contributed by atoms with van der Waals surface area (Å²) in [4.78, 5) is 0. The van der Waals surface area contributed by atoms with E-state index in [0.29, 0.717) is 5.92 Å². The molecule has 2 unspecified atom stereocenters. The van der Waals surface area contributed by atoms with Crippen LogP contribution in [0.4, 0.5) is 4.39 Å². The highest BCUT2D eigenvalue weighted by Crippen LogP contribution is 2.30. The van der Waals surface area contributed by atoms with Gasteiger partial charge in [-0.25, -0.2) is 4.39 Å². The van der Waals surface area contributed by atoms with E-state index < -0.39 is 0 Å². The molecule has 0 aliphatic carbocycles. The number of rotatable bonds is 3. The lowest BCUT2D eigenvalue weighted by Crippen LogP contribution is -2.26. The van der Waals surface area contributed by atoms with Crippen LogP contribution in [0.5, 0.6) is 0 Å². The van der Waals surface area contributed by atoms with Crippen LogP contribution in [0, 0.1) is 18.7 Å². The first kappa shape index (κ1) is 11.6. The number of nitrogens with one attached hydrogen (secondary N) is 1. The number of benzene rings is 1. The molecular weight excluding hydrogens is 205 g/mol. The second-order valence-electron chi connectivity index (χ2n) is 4.41. The van der Waals surface area contributed by atoms with Crippen molar-refractivity contribution in [2.24, 2.45) is 5.92 Å². The van der Waals surface area contributed by atoms with Crippen LogP contribution in [0.3, 0.4) is 0 Å². The van der Waals surface area contributed by atoms with Crippen molar-refractivity contribution in [1.82, 2.24) is 5.32 Å². The van der Waals surface area contributed by atoms with Crippen molar-refractivity contribution in [3.8, 4) is 0 Å². The van der Waals surface area contributed by atoms with Crippen LogP contribution in [0.15, 0.2) is 18.2 Å². The van der Waals surface area contributed by atoms with Gasteiger partial charge in [0.05, 0.1) is 6.61 Å². The number of halogens is 1. The summed E-state index contributed by atoms with van der Waals surface area (Å²) in [6.07, 6.45) is 0.999. The first-order valence-electron chi connectivity index (χ1n) is 5.73. The average molecular weight is 223 g/mol. The van der Waals surface area contributed by atoms with Gasteiger partial charge in [-0.05, 0) is 32.0 Å². The Labute approximate surface area is 95.8 Å². The molecule has 2 rings (SSSR count). The molecule has 1 saturated heterocycles. The first-order valence-corrected chi connectivity index (χ1v) is 5.73. The van der Waals surface area contributed by atoms with E-state index in [2.05, 4.69) is 5.32 Å². The second kappa shape index (κ2) is 4.93. The topological polar surface area (TPSA) is 21.3 Å². The largest absolute Gasteiger partial charge is 0.381 e. The summed E-state index contributed by atoms with van der Waals surface area (Å²) in [6, 6.07) is 5.49. The lowest BCUT2D eigenvalue weighted by Gasteiger charge is -2.22. The van der Waals surface area contributed by atoms with Gasteiger partial charge < -0.3 is 10.1 Å². The zero-order valence-corrected chi connectivity index (χ0v) is 9.79. The Morgan fingerprint density at radius 2 is 2.31 bits per heavy atom. The molecule has 1 aliphatic rings. The third-order valence-electron chi connectivity index (χ3n) is 3.24. The van der Waals surface area contributed by atoms with Crippen molar-refractivity contribution in [2.45, 2.75) is 19.4 Å². The lowest BCUT2D eigenvalue weighted by molar-refractivity contribution is 0.177. The highest BCUT2D eigenvalue weighted by molar-refractivity contribution is 5.26. The number of aryl methyl sites for hydroxylation is 1. The van der Waals surface area contributed by atoms with Crippen molar-refractivity contribution in [2.75, 3.05) is 20.3 Å². The van der Waals surface area contributed by atoms with Crippen molar-refractivity contribution in [3.05, 3.63) is 35.1 Å². The fraction of sp³-hybridized carbons (Fsp3) is 0.538. The highest BCUT2D eigenvalue weighted by atomic mass is 19.1. The molecule has 1 N–H and O–H groups in total. The Kier molecular flexibility index (Phi) is 3.56. The number of ether oxygens (including phenoxy) is 1. The Bertz CT molecular complexity index is 361. The Balaban J connectivity index is 2.25. The number of hydrogen-bond donors (Lipinski definition) is 1. The van der Waals surface area contributed by atoms with E-state index in [0.717, 1.165) is 30.8 Å². The van der Waals surface area contributed by atoms with Gasteiger partial charge in [0.25, 0.3) is 0 Å². The van der Waals surface area contributed by atoms with Crippen LogP contribution < -0.4 is 5.32 Å². The van der Waals surface area contributed by atoms with Gasteiger partial charge in [0.2, 0.25) is 0 Å². The van der Waals surface area contributed by atoms with Gasteiger partial charge in [0.1, 0.15) is 5.82 Å². The zero-order valence-electron chi connectivity index (χ0n) is 9.79. The molecule has 1 aliphatic heterocycles. The highest BCUT2D eigenvalue weighted by Gasteiger charge is 2.27. The molecule has 2 atom stereocenters. The van der Waals surface area contributed by atoms with E-state index in [9.17, 15) is 4.39 Å². The maximum Gasteiger partial charge on any atom is 0.128 e. The smallest absolute Gasteiger partial charge is 0.128 e. The Morgan fingerprint density at radius 3 is 2.88 bits per heavy atom. The molecular formula is C13H18FNO. The van der Waals surface area contributed by atoms with Crippen LogP contribution in [0.25, 0.3) is 0 Å². The summed E-state index contributed by atoms with van der Waals surface area (Å²) >= 11 is 0. The van der Waals surface area contributed by atoms with Crippen LogP contribution in [-0.2, 0) is 4.74 Å². The van der Waals surface area contributed by atoms with Gasteiger partial charge in [0.15, 0.2) is 0 Å². The van der Waals surface area contributed by atoms with E-state index in [1.165, 1.54) is 0 Å². The molecule has 0 aromatic heterocycles. The third kappa shape index (κ3) is 2.25. The van der Waals surface area contributed by atoms with Gasteiger partial charge in [-0.1, -0.05) is 12.1 Å². The fourth-order valence-corrected chi connectivity index (χ4v) is 2.35. The second-order valence-corrected chi connectivity index (χ2v) is 4.41. The van der Waals surface area contributed by atoms with Gasteiger partial charge in [0, 0.05) is 24.1 Å².